The Labute approximate surface area is 99.5 Å². The van der Waals surface area contributed by atoms with E-state index in [9.17, 15) is 0 Å². The van der Waals surface area contributed by atoms with Gasteiger partial charge in [-0.3, -0.25) is 0 Å². The monoisotopic (exact) mass is 235 g/mol. The Balaban J connectivity index is 2.58. The maximum absolute atomic E-state index is 6.10. The third-order valence-corrected chi connectivity index (χ3v) is 2.74. The zero-order valence-corrected chi connectivity index (χ0v) is 9.73. The van der Waals surface area contributed by atoms with Crippen LogP contribution < -0.4 is 0 Å². The zero-order chi connectivity index (χ0) is 10.8. The number of halogens is 2. The van der Waals surface area contributed by atoms with Gasteiger partial charge in [-0.2, -0.15) is 0 Å². The van der Waals surface area contributed by atoms with Crippen molar-refractivity contribution in [1.82, 2.24) is 0 Å². The molecule has 0 aromatic heterocycles. The molecular weight excluding hydrogens is 227 g/mol. The van der Waals surface area contributed by atoms with Gasteiger partial charge in [0.05, 0.1) is 0 Å². The largest absolute Gasteiger partial charge is 0.0843 e. The van der Waals surface area contributed by atoms with Crippen LogP contribution in [0.25, 0.3) is 11.1 Å². The third kappa shape index (κ3) is 2.34. The van der Waals surface area contributed by atoms with Crippen LogP contribution in [0.1, 0.15) is 5.56 Å². The normalized spacial score (nSPS) is 10.3. The summed E-state index contributed by atoms with van der Waals surface area (Å²) >= 11 is 12.0. The van der Waals surface area contributed by atoms with E-state index in [1.54, 1.807) is 12.1 Å². The molecule has 0 amide bonds. The first-order valence-electron chi connectivity index (χ1n) is 4.60. The van der Waals surface area contributed by atoms with Crippen molar-refractivity contribution in [3.05, 3.63) is 58.1 Å². The summed E-state index contributed by atoms with van der Waals surface area (Å²) in [6, 6.07) is 14.5. The first-order valence-corrected chi connectivity index (χ1v) is 5.36. The average Bonchev–Trinajstić information content (AvgIpc) is 2.22. The van der Waals surface area contributed by atoms with Gasteiger partial charge in [0, 0.05) is 15.6 Å². The molecule has 0 unspecified atom stereocenters. The lowest BCUT2D eigenvalue weighted by Gasteiger charge is -2.05. The highest BCUT2D eigenvalue weighted by atomic mass is 35.5. The molecule has 0 fully saturated rings. The summed E-state index contributed by atoms with van der Waals surface area (Å²) in [6.45, 7) is 2.04. The molecule has 0 bridgehead atoms. The molecule has 0 aliphatic carbocycles. The van der Waals surface area contributed by atoms with Gasteiger partial charge in [0.25, 0.3) is 0 Å². The van der Waals surface area contributed by atoms with E-state index in [0.29, 0.717) is 10.0 Å². The van der Waals surface area contributed by atoms with Crippen LogP contribution in [-0.2, 0) is 0 Å². The molecule has 0 aliphatic heterocycles. The van der Waals surface area contributed by atoms with Gasteiger partial charge in [0.15, 0.2) is 0 Å². The second-order valence-electron chi connectivity index (χ2n) is 3.40. The first-order chi connectivity index (χ1) is 7.16. The summed E-state index contributed by atoms with van der Waals surface area (Å²) in [5.41, 5.74) is 3.08. The number of hydrogen-bond donors (Lipinski definition) is 0. The molecule has 0 nitrogen and oxygen atoms in total. The average molecular weight is 236 g/mol. The number of rotatable bonds is 1. The van der Waals surface area contributed by atoms with Crippen molar-refractivity contribution in [2.45, 2.75) is 6.92 Å². The lowest BCUT2D eigenvalue weighted by atomic mass is 10.0. The highest BCUT2D eigenvalue weighted by Gasteiger charge is 2.04. The second kappa shape index (κ2) is 4.26. The van der Waals surface area contributed by atoms with Crippen molar-refractivity contribution in [3.63, 3.8) is 0 Å². The number of benzene rings is 2. The molecule has 2 rings (SSSR count). The molecule has 1 radical (unpaired) electrons. The summed E-state index contributed by atoms with van der Waals surface area (Å²) in [7, 11) is 0. The molecule has 0 saturated heterocycles. The van der Waals surface area contributed by atoms with E-state index in [4.69, 9.17) is 23.2 Å². The van der Waals surface area contributed by atoms with E-state index in [1.807, 2.05) is 31.2 Å². The van der Waals surface area contributed by atoms with Gasteiger partial charge in [0.2, 0.25) is 0 Å². The highest BCUT2D eigenvalue weighted by molar-refractivity contribution is 6.35. The molecule has 2 aromatic carbocycles. The Morgan fingerprint density at radius 1 is 1.07 bits per heavy atom. The lowest BCUT2D eigenvalue weighted by Crippen LogP contribution is -1.81. The predicted molar refractivity (Wildman–Crippen MR) is 65.5 cm³/mol. The van der Waals surface area contributed by atoms with Gasteiger partial charge >= 0.3 is 0 Å². The first kappa shape index (κ1) is 10.5. The topological polar surface area (TPSA) is 0 Å². The van der Waals surface area contributed by atoms with Gasteiger partial charge in [-0.15, -0.1) is 0 Å². The van der Waals surface area contributed by atoms with E-state index in [1.165, 1.54) is 5.56 Å². The summed E-state index contributed by atoms with van der Waals surface area (Å²) in [5, 5.41) is 1.38. The second-order valence-corrected chi connectivity index (χ2v) is 4.25. The molecule has 0 saturated carbocycles. The van der Waals surface area contributed by atoms with E-state index in [0.717, 1.165) is 11.1 Å². The molecule has 75 valence electrons. The minimum Gasteiger partial charge on any atom is -0.0843 e. The fourth-order valence-corrected chi connectivity index (χ4v) is 1.83. The van der Waals surface area contributed by atoms with Crippen LogP contribution in [0.2, 0.25) is 10.0 Å². The molecule has 15 heavy (non-hydrogen) atoms. The third-order valence-electron chi connectivity index (χ3n) is 2.18. The zero-order valence-electron chi connectivity index (χ0n) is 8.22. The van der Waals surface area contributed by atoms with Crippen LogP contribution in [-0.4, -0.2) is 0 Å². The number of aryl methyl sites for hydroxylation is 1. The molecule has 2 aromatic rings. The highest BCUT2D eigenvalue weighted by Crippen LogP contribution is 2.30. The van der Waals surface area contributed by atoms with Gasteiger partial charge in [-0.1, -0.05) is 47.0 Å². The van der Waals surface area contributed by atoms with E-state index >= 15 is 0 Å². The molecule has 0 heterocycles. The predicted octanol–water partition coefficient (Wildman–Crippen LogP) is 4.77. The maximum atomic E-state index is 6.10. The molecule has 0 N–H and O–H groups in total. The van der Waals surface area contributed by atoms with Crippen LogP contribution in [0.5, 0.6) is 0 Å². The maximum Gasteiger partial charge on any atom is 0.0485 e. The Morgan fingerprint density at radius 3 is 2.60 bits per heavy atom. The minimum absolute atomic E-state index is 0.685. The Hall–Kier alpha value is -0.980. The Kier molecular flexibility index (Phi) is 2.99. The smallest absolute Gasteiger partial charge is 0.0485 e. The van der Waals surface area contributed by atoms with Gasteiger partial charge < -0.3 is 0 Å². The van der Waals surface area contributed by atoms with E-state index in [2.05, 4.69) is 6.07 Å². The standard InChI is InChI=1S/C13H9Cl2/c1-9-3-2-4-10(7-9)12-8-11(14)5-6-13(12)15/h2-3,5-8H,1H3. The van der Waals surface area contributed by atoms with Crippen LogP contribution in [0.3, 0.4) is 0 Å². The SMILES string of the molecule is Cc1cc[c]c(-c2cc(Cl)ccc2Cl)c1. The summed E-state index contributed by atoms with van der Waals surface area (Å²) in [5.74, 6) is 0. The summed E-state index contributed by atoms with van der Waals surface area (Å²) < 4.78 is 0. The summed E-state index contributed by atoms with van der Waals surface area (Å²) in [6.07, 6.45) is 0. The van der Waals surface area contributed by atoms with Gasteiger partial charge in [-0.05, 0) is 36.8 Å². The lowest BCUT2D eigenvalue weighted by molar-refractivity contribution is 1.46. The quantitative estimate of drug-likeness (QED) is 0.669. The fraction of sp³-hybridized carbons (Fsp3) is 0.0769. The van der Waals surface area contributed by atoms with Crippen molar-refractivity contribution in [2.75, 3.05) is 0 Å². The van der Waals surface area contributed by atoms with Crippen LogP contribution in [0.4, 0.5) is 0 Å². The number of hydrogen-bond acceptors (Lipinski definition) is 0. The minimum atomic E-state index is 0.685. The molecule has 0 aliphatic rings. The van der Waals surface area contributed by atoms with Crippen molar-refractivity contribution < 1.29 is 0 Å². The van der Waals surface area contributed by atoms with Crippen molar-refractivity contribution in [1.29, 1.82) is 0 Å². The Morgan fingerprint density at radius 2 is 1.87 bits per heavy atom. The van der Waals surface area contributed by atoms with Gasteiger partial charge in [0.1, 0.15) is 0 Å². The van der Waals surface area contributed by atoms with Crippen molar-refractivity contribution >= 4 is 23.2 Å². The van der Waals surface area contributed by atoms with Crippen LogP contribution in [0, 0.1) is 13.0 Å². The van der Waals surface area contributed by atoms with E-state index < -0.39 is 0 Å². The van der Waals surface area contributed by atoms with Crippen LogP contribution in [0.15, 0.2) is 36.4 Å². The fourth-order valence-electron chi connectivity index (χ4n) is 1.44. The van der Waals surface area contributed by atoms with Gasteiger partial charge in [-0.25, -0.2) is 0 Å². The van der Waals surface area contributed by atoms with Crippen molar-refractivity contribution in [3.8, 4) is 11.1 Å². The van der Waals surface area contributed by atoms with Crippen molar-refractivity contribution in [2.24, 2.45) is 0 Å². The molecule has 0 spiro atoms. The molecular formula is C13H9Cl2. The summed E-state index contributed by atoms with van der Waals surface area (Å²) in [4.78, 5) is 0. The molecule has 2 heteroatoms. The molecule has 0 atom stereocenters. The Bertz CT molecular complexity index is 490. The van der Waals surface area contributed by atoms with Crippen LogP contribution >= 0.6 is 23.2 Å². The van der Waals surface area contributed by atoms with E-state index in [-0.39, 0.29) is 0 Å².